The number of carbonyl (C=O) groups is 1. The molecule has 1 aliphatic rings. The molecule has 0 spiro atoms. The first-order valence-electron chi connectivity index (χ1n) is 9.36. The van der Waals surface area contributed by atoms with Crippen molar-refractivity contribution >= 4 is 33.8 Å². The summed E-state index contributed by atoms with van der Waals surface area (Å²) in [6, 6.07) is 14.4. The molecular weight excluding hydrogens is 340 g/mol. The monoisotopic (exact) mass is 364 g/mol. The number of benzene rings is 1. The predicted molar refractivity (Wildman–Crippen MR) is 109 cm³/mol. The summed E-state index contributed by atoms with van der Waals surface area (Å²) in [5.41, 5.74) is 1.45. The molecule has 4 heteroatoms. The molecule has 1 N–H and O–H groups in total. The molecule has 4 rings (SSSR count). The Morgan fingerprint density at radius 1 is 1.15 bits per heavy atom. The van der Waals surface area contributed by atoms with Gasteiger partial charge >= 0.3 is 0 Å². The third-order valence-electron chi connectivity index (χ3n) is 5.45. The van der Waals surface area contributed by atoms with Crippen LogP contribution in [-0.2, 0) is 11.2 Å². The van der Waals surface area contributed by atoms with Crippen molar-refractivity contribution in [3.63, 3.8) is 0 Å². The summed E-state index contributed by atoms with van der Waals surface area (Å²) in [7, 11) is 0. The highest BCUT2D eigenvalue weighted by molar-refractivity contribution is 7.11. The summed E-state index contributed by atoms with van der Waals surface area (Å²) in [5.74, 6) is 0.153. The van der Waals surface area contributed by atoms with E-state index in [9.17, 15) is 4.79 Å². The zero-order valence-electron chi connectivity index (χ0n) is 15.1. The predicted octanol–water partition coefficient (Wildman–Crippen LogP) is 5.74. The van der Waals surface area contributed by atoms with Crippen LogP contribution in [0.3, 0.4) is 0 Å². The van der Waals surface area contributed by atoms with Crippen LogP contribution in [0.5, 0.6) is 0 Å². The van der Waals surface area contributed by atoms with Crippen molar-refractivity contribution < 1.29 is 4.79 Å². The molecular formula is C22H24N2OS. The lowest BCUT2D eigenvalue weighted by atomic mass is 9.70. The number of thiophene rings is 1. The maximum absolute atomic E-state index is 13.3. The minimum atomic E-state index is -0.290. The van der Waals surface area contributed by atoms with E-state index in [2.05, 4.69) is 29.4 Å². The molecule has 3 aromatic rings. The van der Waals surface area contributed by atoms with Crippen molar-refractivity contribution in [2.75, 3.05) is 5.32 Å². The van der Waals surface area contributed by atoms with Gasteiger partial charge in [-0.15, -0.1) is 11.3 Å². The molecule has 0 bridgehead atoms. The Kier molecular flexibility index (Phi) is 4.77. The van der Waals surface area contributed by atoms with Gasteiger partial charge < -0.3 is 5.32 Å². The molecule has 0 atom stereocenters. The van der Waals surface area contributed by atoms with E-state index in [1.165, 1.54) is 16.2 Å². The zero-order chi connectivity index (χ0) is 18.0. The second-order valence-electron chi connectivity index (χ2n) is 7.40. The zero-order valence-corrected chi connectivity index (χ0v) is 15.9. The number of aryl methyl sites for hydroxylation is 1. The van der Waals surface area contributed by atoms with Crippen LogP contribution in [0.1, 0.15) is 41.9 Å². The van der Waals surface area contributed by atoms with Gasteiger partial charge in [-0.25, -0.2) is 0 Å². The Labute approximate surface area is 158 Å². The van der Waals surface area contributed by atoms with Crippen LogP contribution < -0.4 is 5.32 Å². The number of pyridine rings is 1. The second-order valence-corrected chi connectivity index (χ2v) is 8.77. The molecule has 1 amide bonds. The fourth-order valence-corrected chi connectivity index (χ4v) is 5.06. The summed E-state index contributed by atoms with van der Waals surface area (Å²) >= 11 is 1.81. The summed E-state index contributed by atoms with van der Waals surface area (Å²) in [6.45, 7) is 2.13. The SMILES string of the molecule is Cc1ccc(CC2(C(=O)Nc3cnc4ccccc4c3)CCCCC2)s1. The molecule has 2 heterocycles. The van der Waals surface area contributed by atoms with Gasteiger partial charge in [-0.1, -0.05) is 37.5 Å². The van der Waals surface area contributed by atoms with Crippen LogP contribution >= 0.6 is 11.3 Å². The average molecular weight is 365 g/mol. The lowest BCUT2D eigenvalue weighted by Crippen LogP contribution is -2.39. The van der Waals surface area contributed by atoms with E-state index in [-0.39, 0.29) is 11.3 Å². The molecule has 134 valence electrons. The van der Waals surface area contributed by atoms with Gasteiger partial charge in [0.2, 0.25) is 5.91 Å². The van der Waals surface area contributed by atoms with E-state index in [1.807, 2.05) is 41.7 Å². The van der Waals surface area contributed by atoms with E-state index in [0.717, 1.165) is 48.7 Å². The molecule has 3 nitrogen and oxygen atoms in total. The highest BCUT2D eigenvalue weighted by Crippen LogP contribution is 2.41. The summed E-state index contributed by atoms with van der Waals surface area (Å²) in [4.78, 5) is 20.4. The Morgan fingerprint density at radius 3 is 2.73 bits per heavy atom. The number of anilines is 1. The number of rotatable bonds is 4. The maximum atomic E-state index is 13.3. The number of fused-ring (bicyclic) bond motifs is 1. The van der Waals surface area contributed by atoms with Crippen LogP contribution in [0.4, 0.5) is 5.69 Å². The molecule has 1 aromatic carbocycles. The Bertz CT molecular complexity index is 925. The first kappa shape index (κ1) is 17.2. The molecule has 0 unspecified atom stereocenters. The van der Waals surface area contributed by atoms with Crippen molar-refractivity contribution in [1.29, 1.82) is 0 Å². The number of amides is 1. The molecule has 1 fully saturated rings. The Morgan fingerprint density at radius 2 is 1.96 bits per heavy atom. The Hall–Kier alpha value is -2.20. The van der Waals surface area contributed by atoms with E-state index < -0.39 is 0 Å². The van der Waals surface area contributed by atoms with Gasteiger partial charge in [0, 0.05) is 15.1 Å². The van der Waals surface area contributed by atoms with Gasteiger partial charge in [-0.05, 0) is 50.5 Å². The van der Waals surface area contributed by atoms with Crippen molar-refractivity contribution in [2.24, 2.45) is 5.41 Å². The van der Waals surface area contributed by atoms with E-state index in [4.69, 9.17) is 0 Å². The molecule has 0 radical (unpaired) electrons. The van der Waals surface area contributed by atoms with Gasteiger partial charge in [0.05, 0.1) is 22.8 Å². The number of hydrogen-bond acceptors (Lipinski definition) is 3. The number of nitrogens with one attached hydrogen (secondary N) is 1. The van der Waals surface area contributed by atoms with Crippen molar-refractivity contribution in [3.8, 4) is 0 Å². The maximum Gasteiger partial charge on any atom is 0.230 e. The second kappa shape index (κ2) is 7.20. The standard InChI is InChI=1S/C22H24N2OS/c1-16-9-10-19(26-16)14-22(11-5-2-6-12-22)21(25)24-18-13-17-7-3-4-8-20(17)23-15-18/h3-4,7-10,13,15H,2,5-6,11-12,14H2,1H3,(H,24,25). The smallest absolute Gasteiger partial charge is 0.230 e. The largest absolute Gasteiger partial charge is 0.324 e. The normalized spacial score (nSPS) is 16.5. The topological polar surface area (TPSA) is 42.0 Å². The van der Waals surface area contributed by atoms with Crippen LogP contribution in [0, 0.1) is 12.3 Å². The summed E-state index contributed by atoms with van der Waals surface area (Å²) < 4.78 is 0. The van der Waals surface area contributed by atoms with Gasteiger partial charge in [-0.2, -0.15) is 0 Å². The molecule has 1 saturated carbocycles. The highest BCUT2D eigenvalue weighted by Gasteiger charge is 2.39. The summed E-state index contributed by atoms with van der Waals surface area (Å²) in [5, 5.41) is 4.23. The lowest BCUT2D eigenvalue weighted by Gasteiger charge is -2.35. The number of nitrogens with zero attached hydrogens (tertiary/aromatic N) is 1. The fourth-order valence-electron chi connectivity index (χ4n) is 4.03. The first-order chi connectivity index (χ1) is 12.6. The average Bonchev–Trinajstić information content (AvgIpc) is 3.07. The highest BCUT2D eigenvalue weighted by atomic mass is 32.1. The van der Waals surface area contributed by atoms with Gasteiger partial charge in [0.1, 0.15) is 0 Å². The minimum Gasteiger partial charge on any atom is -0.324 e. The minimum absolute atomic E-state index is 0.153. The lowest BCUT2D eigenvalue weighted by molar-refractivity contribution is -0.127. The van der Waals surface area contributed by atoms with Crippen molar-refractivity contribution in [3.05, 3.63) is 58.4 Å². The number of carbonyl (C=O) groups excluding carboxylic acids is 1. The number of aromatic nitrogens is 1. The van der Waals surface area contributed by atoms with Gasteiger partial charge in [0.25, 0.3) is 0 Å². The molecule has 0 saturated heterocycles. The number of hydrogen-bond donors (Lipinski definition) is 1. The first-order valence-corrected chi connectivity index (χ1v) is 10.2. The van der Waals surface area contributed by atoms with E-state index in [1.54, 1.807) is 6.20 Å². The fraction of sp³-hybridized carbons (Fsp3) is 0.364. The molecule has 2 aromatic heterocycles. The van der Waals surface area contributed by atoms with Crippen molar-refractivity contribution in [2.45, 2.75) is 45.4 Å². The van der Waals surface area contributed by atoms with Gasteiger partial charge in [0.15, 0.2) is 0 Å². The van der Waals surface area contributed by atoms with Crippen molar-refractivity contribution in [1.82, 2.24) is 4.98 Å². The Balaban J connectivity index is 1.59. The van der Waals surface area contributed by atoms with Crippen LogP contribution in [0.2, 0.25) is 0 Å². The van der Waals surface area contributed by atoms with Crippen LogP contribution in [-0.4, -0.2) is 10.9 Å². The molecule has 0 aliphatic heterocycles. The van der Waals surface area contributed by atoms with E-state index in [0.29, 0.717) is 0 Å². The number of para-hydroxylation sites is 1. The quantitative estimate of drug-likeness (QED) is 0.642. The van der Waals surface area contributed by atoms with Crippen LogP contribution in [0.25, 0.3) is 10.9 Å². The molecule has 26 heavy (non-hydrogen) atoms. The molecule has 1 aliphatic carbocycles. The third kappa shape index (κ3) is 3.51. The van der Waals surface area contributed by atoms with E-state index >= 15 is 0 Å². The van der Waals surface area contributed by atoms with Gasteiger partial charge in [-0.3, -0.25) is 9.78 Å². The van der Waals surface area contributed by atoms with Crippen LogP contribution in [0.15, 0.2) is 48.7 Å². The third-order valence-corrected chi connectivity index (χ3v) is 6.45. The summed E-state index contributed by atoms with van der Waals surface area (Å²) in [6.07, 6.45) is 8.05.